The number of carbonyl (C=O) groups is 2. The fourth-order valence-corrected chi connectivity index (χ4v) is 7.59. The Kier molecular flexibility index (Phi) is 11.8. The molecule has 0 aliphatic carbocycles. The van der Waals surface area contributed by atoms with Crippen molar-refractivity contribution in [3.63, 3.8) is 0 Å². The summed E-state index contributed by atoms with van der Waals surface area (Å²) >= 11 is 2.61. The van der Waals surface area contributed by atoms with Gasteiger partial charge in [0, 0.05) is 36.2 Å². The average molecular weight is 643 g/mol. The quantitative estimate of drug-likeness (QED) is 0.140. The summed E-state index contributed by atoms with van der Waals surface area (Å²) in [5.74, 6) is 3.06. The van der Waals surface area contributed by atoms with E-state index in [0.29, 0.717) is 24.4 Å². The molecular formula is C32H46N2O4S2Si2. The van der Waals surface area contributed by atoms with Crippen molar-refractivity contribution in [2.75, 3.05) is 20.2 Å². The predicted octanol–water partition coefficient (Wildman–Crippen LogP) is 8.19. The Hall–Kier alpha value is -2.30. The molecule has 0 N–H and O–H groups in total. The van der Waals surface area contributed by atoms with Gasteiger partial charge in [-0.2, -0.15) is 0 Å². The molecule has 0 radical (unpaired) electrons. The Morgan fingerprint density at radius 2 is 1.81 bits per heavy atom. The van der Waals surface area contributed by atoms with Gasteiger partial charge in [-0.15, -0.1) is 16.9 Å². The third-order valence-corrected chi connectivity index (χ3v) is 14.7. The summed E-state index contributed by atoms with van der Waals surface area (Å²) in [6.45, 7) is 19.4. The van der Waals surface area contributed by atoms with Crippen LogP contribution in [0.4, 0.5) is 4.79 Å². The standard InChI is InChI=1S/C32H46N2O4S2Si2/c1-32(2,3)42(8,9)38-27(24-26-12-10-11-25(23-26)17-22-41(5,6)7)15-18-33-20-21-39-31(36)34(33)19-16-28-13-14-29(40-28)30(35)37-4/h10-14,20-21,23,27H,15-16,18-19,24H2,1-9H3/t27-/m1/s1. The fraction of sp³-hybridized carbons (Fsp3) is 0.500. The van der Waals surface area contributed by atoms with E-state index < -0.39 is 16.4 Å². The molecule has 1 aromatic carbocycles. The number of ether oxygens (including phenoxy) is 1. The number of methoxy groups -OCH3 is 1. The van der Waals surface area contributed by atoms with Crippen molar-refractivity contribution in [3.05, 3.63) is 68.9 Å². The van der Waals surface area contributed by atoms with Crippen molar-refractivity contribution in [1.82, 2.24) is 10.0 Å². The van der Waals surface area contributed by atoms with E-state index in [4.69, 9.17) is 9.16 Å². The lowest BCUT2D eigenvalue weighted by atomic mass is 10.0. The lowest BCUT2D eigenvalue weighted by Gasteiger charge is -2.41. The molecule has 1 aliphatic rings. The Labute approximate surface area is 263 Å². The molecule has 42 heavy (non-hydrogen) atoms. The van der Waals surface area contributed by atoms with Crippen molar-refractivity contribution >= 4 is 50.7 Å². The molecule has 2 heterocycles. The molecule has 10 heteroatoms. The zero-order chi connectivity index (χ0) is 31.1. The first kappa shape index (κ1) is 34.2. The molecule has 1 aliphatic heterocycles. The second-order valence-corrected chi connectivity index (χ2v) is 24.7. The van der Waals surface area contributed by atoms with E-state index in [9.17, 15) is 9.59 Å². The highest BCUT2D eigenvalue weighted by Crippen LogP contribution is 2.38. The minimum absolute atomic E-state index is 0.00205. The highest BCUT2D eigenvalue weighted by molar-refractivity contribution is 8.16. The first-order valence-electron chi connectivity index (χ1n) is 14.5. The third-order valence-electron chi connectivity index (χ3n) is 7.46. The van der Waals surface area contributed by atoms with Gasteiger partial charge in [-0.25, -0.2) is 9.80 Å². The normalized spacial score (nSPS) is 14.9. The molecule has 0 unspecified atom stereocenters. The van der Waals surface area contributed by atoms with E-state index in [0.717, 1.165) is 23.3 Å². The molecule has 6 nitrogen and oxygen atoms in total. The first-order chi connectivity index (χ1) is 19.6. The van der Waals surface area contributed by atoms with Gasteiger partial charge in [0.25, 0.3) is 0 Å². The van der Waals surface area contributed by atoms with Crippen LogP contribution in [-0.2, 0) is 22.0 Å². The largest absolute Gasteiger partial charge is 0.465 e. The lowest BCUT2D eigenvalue weighted by molar-refractivity contribution is 0.0567. The van der Waals surface area contributed by atoms with Gasteiger partial charge in [0.2, 0.25) is 0 Å². The molecule has 3 rings (SSSR count). The predicted molar refractivity (Wildman–Crippen MR) is 182 cm³/mol. The van der Waals surface area contributed by atoms with Gasteiger partial charge < -0.3 is 9.16 Å². The maximum atomic E-state index is 12.9. The van der Waals surface area contributed by atoms with Gasteiger partial charge in [-0.3, -0.25) is 9.80 Å². The number of hydrogen-bond donors (Lipinski definition) is 0. The minimum Gasteiger partial charge on any atom is -0.465 e. The van der Waals surface area contributed by atoms with Crippen LogP contribution in [0.5, 0.6) is 0 Å². The number of esters is 1. The molecule has 1 aromatic heterocycles. The lowest BCUT2D eigenvalue weighted by Crippen LogP contribution is -2.47. The van der Waals surface area contributed by atoms with Crippen LogP contribution in [0.1, 0.15) is 52.9 Å². The summed E-state index contributed by atoms with van der Waals surface area (Å²) in [5.41, 5.74) is 5.75. The monoisotopic (exact) mass is 642 g/mol. The summed E-state index contributed by atoms with van der Waals surface area (Å²) in [5, 5.41) is 5.76. The van der Waals surface area contributed by atoms with E-state index in [-0.39, 0.29) is 22.4 Å². The molecule has 0 saturated heterocycles. The molecular weight excluding hydrogens is 597 g/mol. The average Bonchev–Trinajstić information content (AvgIpc) is 3.38. The Bertz CT molecular complexity index is 1330. The highest BCUT2D eigenvalue weighted by Gasteiger charge is 2.39. The van der Waals surface area contributed by atoms with Crippen LogP contribution in [-0.4, -0.2) is 63.9 Å². The summed E-state index contributed by atoms with van der Waals surface area (Å²) in [6.07, 6.45) is 4.22. The minimum atomic E-state index is -2.04. The fourth-order valence-electron chi connectivity index (χ4n) is 4.13. The van der Waals surface area contributed by atoms with E-state index in [2.05, 4.69) is 89.2 Å². The van der Waals surface area contributed by atoms with Crippen LogP contribution in [0.25, 0.3) is 0 Å². The third kappa shape index (κ3) is 10.2. The molecule has 0 saturated carbocycles. The zero-order valence-corrected chi connectivity index (χ0v) is 30.2. The van der Waals surface area contributed by atoms with Crippen LogP contribution in [0.2, 0.25) is 37.8 Å². The molecule has 228 valence electrons. The maximum absolute atomic E-state index is 12.9. The van der Waals surface area contributed by atoms with Crippen LogP contribution in [0.3, 0.4) is 0 Å². The van der Waals surface area contributed by atoms with Gasteiger partial charge in [0.15, 0.2) is 8.32 Å². The number of amides is 1. The zero-order valence-electron chi connectivity index (χ0n) is 26.6. The van der Waals surface area contributed by atoms with Crippen molar-refractivity contribution in [2.24, 2.45) is 0 Å². The van der Waals surface area contributed by atoms with Crippen molar-refractivity contribution in [3.8, 4) is 11.5 Å². The Balaban J connectivity index is 1.75. The number of benzene rings is 1. The summed E-state index contributed by atoms with van der Waals surface area (Å²) < 4.78 is 11.8. The van der Waals surface area contributed by atoms with E-state index >= 15 is 0 Å². The molecule has 1 amide bonds. The summed E-state index contributed by atoms with van der Waals surface area (Å²) in [7, 11) is -2.12. The number of nitrogens with zero attached hydrogens (tertiary/aromatic N) is 2. The summed E-state index contributed by atoms with van der Waals surface area (Å²) in [6, 6.07) is 12.3. The van der Waals surface area contributed by atoms with Crippen molar-refractivity contribution < 1.29 is 18.8 Å². The van der Waals surface area contributed by atoms with Gasteiger partial charge in [-0.05, 0) is 78.0 Å². The number of thiophene rings is 1. The van der Waals surface area contributed by atoms with Crippen LogP contribution < -0.4 is 0 Å². The molecule has 2 aromatic rings. The number of thioether (sulfide) groups is 1. The smallest absolute Gasteiger partial charge is 0.348 e. The summed E-state index contributed by atoms with van der Waals surface area (Å²) in [4.78, 5) is 26.4. The van der Waals surface area contributed by atoms with Crippen LogP contribution in [0.15, 0.2) is 48.0 Å². The van der Waals surface area contributed by atoms with Gasteiger partial charge in [-0.1, -0.05) is 58.5 Å². The molecule has 0 spiro atoms. The van der Waals surface area contributed by atoms with Crippen molar-refractivity contribution in [2.45, 2.75) is 83.9 Å². The van der Waals surface area contributed by atoms with Gasteiger partial charge in [0.1, 0.15) is 13.0 Å². The molecule has 0 bridgehead atoms. The molecule has 0 fully saturated rings. The second-order valence-electron chi connectivity index (χ2n) is 13.2. The van der Waals surface area contributed by atoms with Crippen LogP contribution in [0, 0.1) is 11.5 Å². The first-order valence-corrected chi connectivity index (χ1v) is 22.6. The highest BCUT2D eigenvalue weighted by atomic mass is 32.2. The van der Waals surface area contributed by atoms with Crippen LogP contribution >= 0.6 is 23.1 Å². The van der Waals surface area contributed by atoms with E-state index in [1.807, 2.05) is 22.7 Å². The topological polar surface area (TPSA) is 59.1 Å². The van der Waals surface area contributed by atoms with E-state index in [1.54, 1.807) is 11.1 Å². The van der Waals surface area contributed by atoms with Gasteiger partial charge >= 0.3 is 11.2 Å². The number of hydrazine groups is 1. The second kappa shape index (κ2) is 14.5. The van der Waals surface area contributed by atoms with Crippen molar-refractivity contribution in [1.29, 1.82) is 0 Å². The Morgan fingerprint density at radius 3 is 2.48 bits per heavy atom. The molecule has 1 atom stereocenters. The van der Waals surface area contributed by atoms with E-state index in [1.165, 1.54) is 35.8 Å². The number of hydrogen-bond acceptors (Lipinski definition) is 7. The maximum Gasteiger partial charge on any atom is 0.348 e. The van der Waals surface area contributed by atoms with Gasteiger partial charge in [0.05, 0.1) is 13.2 Å². The SMILES string of the molecule is COC(=O)c1ccc(CCN2C(=O)SC=CN2CC[C@H](Cc2cccc(C#C[Si](C)(C)C)c2)O[Si](C)(C)C(C)(C)C)s1. The number of carbonyl (C=O) groups excluding carboxylic acids is 2. The number of rotatable bonds is 11. The Morgan fingerprint density at radius 1 is 1.07 bits per heavy atom.